The number of carboxylic acids is 1. The van der Waals surface area contributed by atoms with Gasteiger partial charge < -0.3 is 24.6 Å². The number of rotatable bonds is 14. The summed E-state index contributed by atoms with van der Waals surface area (Å²) in [4.78, 5) is 27.2. The van der Waals surface area contributed by atoms with Crippen LogP contribution < -0.4 is 4.74 Å². The first-order chi connectivity index (χ1) is 17.9. The fourth-order valence-corrected chi connectivity index (χ4v) is 4.12. The van der Waals surface area contributed by atoms with E-state index in [-0.39, 0.29) is 18.7 Å². The molecule has 0 bridgehead atoms. The molecule has 0 saturated carbocycles. The van der Waals surface area contributed by atoms with Crippen molar-refractivity contribution in [1.29, 1.82) is 0 Å². The van der Waals surface area contributed by atoms with E-state index in [1.165, 1.54) is 11.0 Å². The number of nitrogens with zero attached hydrogens (tertiary/aromatic N) is 1. The van der Waals surface area contributed by atoms with E-state index in [0.717, 1.165) is 5.56 Å². The lowest BCUT2D eigenvalue weighted by atomic mass is 9.97. The zero-order valence-electron chi connectivity index (χ0n) is 20.8. The van der Waals surface area contributed by atoms with Gasteiger partial charge in [-0.15, -0.1) is 0 Å². The minimum Gasteiger partial charge on any atom is -0.491 e. The Morgan fingerprint density at radius 1 is 0.946 bits per heavy atom. The van der Waals surface area contributed by atoms with Crippen LogP contribution in [0.25, 0.3) is 0 Å². The number of benzene rings is 3. The Morgan fingerprint density at radius 2 is 1.65 bits per heavy atom. The molecule has 0 fully saturated rings. The molecule has 3 rings (SSSR count). The molecule has 8 heteroatoms. The molecular weight excluding hydrogens is 494 g/mol. The minimum atomic E-state index is -1.44. The monoisotopic (exact) mass is 525 g/mol. The van der Waals surface area contributed by atoms with Gasteiger partial charge in [0.25, 0.3) is 0 Å². The lowest BCUT2D eigenvalue weighted by molar-refractivity contribution is -0.147. The molecule has 0 radical (unpaired) electrons. The van der Waals surface area contributed by atoms with Crippen molar-refractivity contribution in [3.05, 3.63) is 101 Å². The number of aliphatic hydroxyl groups excluding tert-OH is 1. The molecule has 1 amide bonds. The number of carboxylic acid groups (broad SMARTS) is 1. The van der Waals surface area contributed by atoms with Gasteiger partial charge in [0.15, 0.2) is 5.92 Å². The van der Waals surface area contributed by atoms with Gasteiger partial charge in [-0.2, -0.15) is 0 Å². The number of carbonyl (C=O) groups excluding carboxylic acids is 1. The predicted octanol–water partition coefficient (Wildman–Crippen LogP) is 4.73. The van der Waals surface area contributed by atoms with Crippen LogP contribution in [0.15, 0.2) is 78.9 Å². The second-order valence-electron chi connectivity index (χ2n) is 8.48. The van der Waals surface area contributed by atoms with Crippen LogP contribution in [0.4, 0.5) is 0 Å². The Hall–Kier alpha value is -3.39. The zero-order valence-corrected chi connectivity index (χ0v) is 21.5. The van der Waals surface area contributed by atoms with E-state index in [1.54, 1.807) is 42.5 Å². The standard InChI is InChI=1S/C29H32ClNO6/c1-2-36-17-18-37-25-13-11-21(12-14-25)15-16-31(20-26(32)22-7-4-3-5-8-22)28(33)27(29(34)35)23-9-6-10-24(30)19-23/h3-14,19,26-27,32H,2,15-18,20H2,1H3,(H,34,35)/t26-,27?/m0/s1. The van der Waals surface area contributed by atoms with E-state index < -0.39 is 23.9 Å². The van der Waals surface area contributed by atoms with Crippen molar-refractivity contribution in [1.82, 2.24) is 4.90 Å². The van der Waals surface area contributed by atoms with Crippen LogP contribution in [-0.4, -0.2) is 59.9 Å². The van der Waals surface area contributed by atoms with Crippen LogP contribution >= 0.6 is 11.6 Å². The maximum atomic E-state index is 13.6. The van der Waals surface area contributed by atoms with Crippen LogP contribution in [0, 0.1) is 0 Å². The first-order valence-corrected chi connectivity index (χ1v) is 12.6. The summed E-state index contributed by atoms with van der Waals surface area (Å²) in [5.41, 5.74) is 1.88. The highest BCUT2D eigenvalue weighted by molar-refractivity contribution is 6.30. The molecule has 0 aromatic heterocycles. The zero-order chi connectivity index (χ0) is 26.6. The summed E-state index contributed by atoms with van der Waals surface area (Å²) in [7, 11) is 0. The van der Waals surface area contributed by atoms with Crippen molar-refractivity contribution in [2.24, 2.45) is 0 Å². The van der Waals surface area contributed by atoms with Crippen LogP contribution in [0.5, 0.6) is 5.75 Å². The van der Waals surface area contributed by atoms with E-state index in [1.807, 2.05) is 37.3 Å². The Kier molecular flexibility index (Phi) is 11.0. The third-order valence-electron chi connectivity index (χ3n) is 5.86. The number of halogens is 1. The number of hydrogen-bond acceptors (Lipinski definition) is 5. The number of hydrogen-bond donors (Lipinski definition) is 2. The van der Waals surface area contributed by atoms with E-state index >= 15 is 0 Å². The molecule has 7 nitrogen and oxygen atoms in total. The maximum absolute atomic E-state index is 13.6. The van der Waals surface area contributed by atoms with Crippen molar-refractivity contribution in [3.63, 3.8) is 0 Å². The molecular formula is C29H32ClNO6. The van der Waals surface area contributed by atoms with Gasteiger partial charge in [-0.25, -0.2) is 0 Å². The number of aliphatic hydroxyl groups is 1. The van der Waals surface area contributed by atoms with Crippen LogP contribution in [0.1, 0.15) is 35.6 Å². The average Bonchev–Trinajstić information content (AvgIpc) is 2.90. The van der Waals surface area contributed by atoms with E-state index in [2.05, 4.69) is 0 Å². The first kappa shape index (κ1) is 28.2. The summed E-state index contributed by atoms with van der Waals surface area (Å²) in [6, 6.07) is 22.7. The van der Waals surface area contributed by atoms with Gasteiger partial charge in [-0.05, 0) is 54.3 Å². The molecule has 0 aliphatic heterocycles. The van der Waals surface area contributed by atoms with Crippen molar-refractivity contribution in [2.75, 3.05) is 32.9 Å². The summed E-state index contributed by atoms with van der Waals surface area (Å²) in [5, 5.41) is 21.1. The van der Waals surface area contributed by atoms with Crippen molar-refractivity contribution < 1.29 is 29.3 Å². The second kappa shape index (κ2) is 14.4. The highest BCUT2D eigenvalue weighted by Gasteiger charge is 2.33. The van der Waals surface area contributed by atoms with Gasteiger partial charge in [-0.3, -0.25) is 9.59 Å². The predicted molar refractivity (Wildman–Crippen MR) is 142 cm³/mol. The largest absolute Gasteiger partial charge is 0.491 e. The van der Waals surface area contributed by atoms with Crippen molar-refractivity contribution >= 4 is 23.5 Å². The maximum Gasteiger partial charge on any atom is 0.320 e. The number of amides is 1. The third kappa shape index (κ3) is 8.60. The first-order valence-electron chi connectivity index (χ1n) is 12.2. The third-order valence-corrected chi connectivity index (χ3v) is 6.09. The summed E-state index contributed by atoms with van der Waals surface area (Å²) in [6.07, 6.45) is -0.506. The Bertz CT molecular complexity index is 1140. The van der Waals surface area contributed by atoms with E-state index in [0.29, 0.717) is 42.6 Å². The molecule has 0 spiro atoms. The number of aliphatic carboxylic acids is 1. The molecule has 0 aliphatic carbocycles. The summed E-state index contributed by atoms with van der Waals surface area (Å²) < 4.78 is 10.9. The average molecular weight is 526 g/mol. The lowest BCUT2D eigenvalue weighted by Gasteiger charge is -2.28. The molecule has 0 aliphatic rings. The van der Waals surface area contributed by atoms with Gasteiger partial charge in [0.1, 0.15) is 12.4 Å². The number of ether oxygens (including phenoxy) is 2. The summed E-state index contributed by atoms with van der Waals surface area (Å²) in [6.45, 7) is 3.69. The molecule has 2 N–H and O–H groups in total. The highest BCUT2D eigenvalue weighted by atomic mass is 35.5. The van der Waals surface area contributed by atoms with E-state index in [9.17, 15) is 19.8 Å². The topological polar surface area (TPSA) is 96.3 Å². The normalized spacial score (nSPS) is 12.5. The fourth-order valence-electron chi connectivity index (χ4n) is 3.92. The molecule has 1 unspecified atom stereocenters. The van der Waals surface area contributed by atoms with Crippen LogP contribution in [0.3, 0.4) is 0 Å². The molecule has 2 atom stereocenters. The molecule has 37 heavy (non-hydrogen) atoms. The highest BCUT2D eigenvalue weighted by Crippen LogP contribution is 2.25. The smallest absolute Gasteiger partial charge is 0.320 e. The van der Waals surface area contributed by atoms with Crippen LogP contribution in [0.2, 0.25) is 5.02 Å². The Morgan fingerprint density at radius 3 is 2.30 bits per heavy atom. The lowest BCUT2D eigenvalue weighted by Crippen LogP contribution is -2.41. The second-order valence-corrected chi connectivity index (χ2v) is 8.91. The Labute approximate surface area is 222 Å². The Balaban J connectivity index is 1.76. The van der Waals surface area contributed by atoms with Gasteiger partial charge in [0.05, 0.1) is 19.3 Å². The van der Waals surface area contributed by atoms with Crippen LogP contribution in [-0.2, 0) is 20.7 Å². The summed E-state index contributed by atoms with van der Waals surface area (Å²) >= 11 is 6.07. The van der Waals surface area contributed by atoms with Crippen molar-refractivity contribution in [2.45, 2.75) is 25.4 Å². The molecule has 3 aromatic rings. The molecule has 0 saturated heterocycles. The van der Waals surface area contributed by atoms with E-state index in [4.69, 9.17) is 21.1 Å². The van der Waals surface area contributed by atoms with Gasteiger partial charge >= 0.3 is 5.97 Å². The quantitative estimate of drug-likeness (QED) is 0.233. The van der Waals surface area contributed by atoms with Gasteiger partial charge in [-0.1, -0.05) is 66.2 Å². The summed E-state index contributed by atoms with van der Waals surface area (Å²) in [5.74, 6) is -2.62. The fraction of sp³-hybridized carbons (Fsp3) is 0.310. The van der Waals surface area contributed by atoms with Gasteiger partial charge in [0, 0.05) is 18.2 Å². The molecule has 3 aromatic carbocycles. The van der Waals surface area contributed by atoms with Crippen molar-refractivity contribution in [3.8, 4) is 5.75 Å². The van der Waals surface area contributed by atoms with Gasteiger partial charge in [0.2, 0.25) is 5.91 Å². The molecule has 0 heterocycles. The number of carbonyl (C=O) groups is 2. The molecule has 196 valence electrons. The minimum absolute atomic E-state index is 0.0498. The SMILES string of the molecule is CCOCCOc1ccc(CCN(C[C@H](O)c2ccccc2)C(=O)C(C(=O)O)c2cccc(Cl)c2)cc1.